The summed E-state index contributed by atoms with van der Waals surface area (Å²) in [5.74, 6) is 1.40. The minimum atomic E-state index is -0.0249. The number of hydrazone groups is 1. The van der Waals surface area contributed by atoms with Gasteiger partial charge in [-0.25, -0.2) is 5.43 Å². The number of likely N-dealkylation sites (tertiary alicyclic amines) is 1. The number of hydrogen-bond acceptors (Lipinski definition) is 5. The zero-order valence-electron chi connectivity index (χ0n) is 15.4. The second-order valence-electron chi connectivity index (χ2n) is 7.02. The van der Waals surface area contributed by atoms with Gasteiger partial charge in [-0.2, -0.15) is 5.10 Å². The van der Waals surface area contributed by atoms with Crippen LogP contribution in [0.5, 0.6) is 11.5 Å². The SMILES string of the molecule is O=C(N/N=C/c1ccc2c(c1)OCO2)C1CCN(Cc2ccc(Cl)cc2)CC1. The van der Waals surface area contributed by atoms with Crippen LogP contribution in [0.1, 0.15) is 24.0 Å². The highest BCUT2D eigenvalue weighted by molar-refractivity contribution is 6.30. The normalized spacial score (nSPS) is 17.2. The molecule has 0 atom stereocenters. The van der Waals surface area contributed by atoms with Gasteiger partial charge >= 0.3 is 0 Å². The van der Waals surface area contributed by atoms with Crippen LogP contribution in [-0.2, 0) is 11.3 Å². The molecule has 0 aromatic heterocycles. The highest BCUT2D eigenvalue weighted by Crippen LogP contribution is 2.32. The van der Waals surface area contributed by atoms with Gasteiger partial charge in [0.25, 0.3) is 0 Å². The van der Waals surface area contributed by atoms with Gasteiger partial charge in [-0.15, -0.1) is 0 Å². The number of halogens is 1. The van der Waals surface area contributed by atoms with Crippen molar-refractivity contribution in [3.63, 3.8) is 0 Å². The van der Waals surface area contributed by atoms with Gasteiger partial charge in [0.1, 0.15) is 0 Å². The Kier molecular flexibility index (Phi) is 5.78. The topological polar surface area (TPSA) is 63.2 Å². The summed E-state index contributed by atoms with van der Waals surface area (Å²) in [6.45, 7) is 2.91. The quantitative estimate of drug-likeness (QED) is 0.618. The predicted molar refractivity (Wildman–Crippen MR) is 108 cm³/mol. The molecule has 2 aromatic carbocycles. The highest BCUT2D eigenvalue weighted by Gasteiger charge is 2.24. The Labute approximate surface area is 169 Å². The molecule has 2 aromatic rings. The lowest BCUT2D eigenvalue weighted by Gasteiger charge is -2.30. The molecule has 28 heavy (non-hydrogen) atoms. The molecular weight excluding hydrogens is 378 g/mol. The standard InChI is InChI=1S/C21H22ClN3O3/c22-18-4-1-15(2-5-18)13-25-9-7-17(8-10-25)21(26)24-23-12-16-3-6-19-20(11-16)28-14-27-19/h1-6,11-12,17H,7-10,13-14H2,(H,24,26)/b23-12+. The molecule has 0 radical (unpaired) electrons. The molecule has 2 aliphatic rings. The molecule has 1 saturated heterocycles. The molecule has 0 saturated carbocycles. The van der Waals surface area contributed by atoms with Gasteiger partial charge in [0.2, 0.25) is 12.7 Å². The van der Waals surface area contributed by atoms with E-state index in [4.69, 9.17) is 21.1 Å². The van der Waals surface area contributed by atoms with Crippen molar-refractivity contribution in [2.75, 3.05) is 19.9 Å². The van der Waals surface area contributed by atoms with Crippen LogP contribution in [0.25, 0.3) is 0 Å². The van der Waals surface area contributed by atoms with E-state index in [1.54, 1.807) is 6.21 Å². The van der Waals surface area contributed by atoms with Gasteiger partial charge in [-0.1, -0.05) is 23.7 Å². The van der Waals surface area contributed by atoms with Crippen LogP contribution in [0.2, 0.25) is 5.02 Å². The number of fused-ring (bicyclic) bond motifs is 1. The molecule has 0 spiro atoms. The minimum absolute atomic E-state index is 0.00429. The fourth-order valence-corrected chi connectivity index (χ4v) is 3.58. The molecule has 0 bridgehead atoms. The van der Waals surface area contributed by atoms with Crippen molar-refractivity contribution in [1.29, 1.82) is 0 Å². The number of carbonyl (C=O) groups is 1. The van der Waals surface area contributed by atoms with E-state index < -0.39 is 0 Å². The van der Waals surface area contributed by atoms with Gasteiger partial charge < -0.3 is 9.47 Å². The van der Waals surface area contributed by atoms with Crippen LogP contribution < -0.4 is 14.9 Å². The van der Waals surface area contributed by atoms with E-state index >= 15 is 0 Å². The van der Waals surface area contributed by atoms with Crippen molar-refractivity contribution in [3.8, 4) is 11.5 Å². The lowest BCUT2D eigenvalue weighted by Crippen LogP contribution is -2.39. The van der Waals surface area contributed by atoms with Crippen LogP contribution in [-0.4, -0.2) is 36.9 Å². The molecule has 0 aliphatic carbocycles. The lowest BCUT2D eigenvalue weighted by molar-refractivity contribution is -0.126. The molecular formula is C21H22ClN3O3. The number of piperidine rings is 1. The van der Waals surface area contributed by atoms with Crippen molar-refractivity contribution in [2.24, 2.45) is 11.0 Å². The van der Waals surface area contributed by atoms with Gasteiger partial charge in [0, 0.05) is 17.5 Å². The molecule has 0 unspecified atom stereocenters. The third-order valence-electron chi connectivity index (χ3n) is 5.06. The number of carbonyl (C=O) groups excluding carboxylic acids is 1. The van der Waals surface area contributed by atoms with Gasteiger partial charge in [-0.3, -0.25) is 9.69 Å². The van der Waals surface area contributed by atoms with Crippen LogP contribution in [0, 0.1) is 5.92 Å². The van der Waals surface area contributed by atoms with Crippen molar-refractivity contribution < 1.29 is 14.3 Å². The molecule has 1 N–H and O–H groups in total. The number of nitrogens with one attached hydrogen (secondary N) is 1. The molecule has 2 aliphatic heterocycles. The summed E-state index contributed by atoms with van der Waals surface area (Å²) in [6, 6.07) is 13.5. The van der Waals surface area contributed by atoms with E-state index in [1.165, 1.54) is 5.56 Å². The van der Waals surface area contributed by atoms with Crippen molar-refractivity contribution in [2.45, 2.75) is 19.4 Å². The first-order chi connectivity index (χ1) is 13.7. The number of benzene rings is 2. The van der Waals surface area contributed by atoms with E-state index in [-0.39, 0.29) is 18.6 Å². The first-order valence-electron chi connectivity index (χ1n) is 9.37. The van der Waals surface area contributed by atoms with Gasteiger partial charge in [0.15, 0.2) is 11.5 Å². The summed E-state index contributed by atoms with van der Waals surface area (Å²) in [6.07, 6.45) is 3.29. The van der Waals surface area contributed by atoms with Crippen LogP contribution >= 0.6 is 11.6 Å². The Balaban J connectivity index is 1.23. The van der Waals surface area contributed by atoms with Gasteiger partial charge in [-0.05, 0) is 67.4 Å². The summed E-state index contributed by atoms with van der Waals surface area (Å²) >= 11 is 5.93. The van der Waals surface area contributed by atoms with Crippen LogP contribution in [0.4, 0.5) is 0 Å². The molecule has 1 amide bonds. The summed E-state index contributed by atoms with van der Waals surface area (Å²) < 4.78 is 10.6. The monoisotopic (exact) mass is 399 g/mol. The third kappa shape index (κ3) is 4.64. The average Bonchev–Trinajstić information content (AvgIpc) is 3.18. The van der Waals surface area contributed by atoms with Crippen LogP contribution in [0.3, 0.4) is 0 Å². The zero-order chi connectivity index (χ0) is 19.3. The number of rotatable bonds is 5. The van der Waals surface area contributed by atoms with E-state index in [9.17, 15) is 4.79 Å². The van der Waals surface area contributed by atoms with Gasteiger partial charge in [0.05, 0.1) is 6.21 Å². The minimum Gasteiger partial charge on any atom is -0.454 e. The van der Waals surface area contributed by atoms with E-state index in [2.05, 4.69) is 15.4 Å². The van der Waals surface area contributed by atoms with Crippen molar-refractivity contribution in [3.05, 3.63) is 58.6 Å². The second kappa shape index (κ2) is 8.63. The molecule has 4 rings (SSSR count). The summed E-state index contributed by atoms with van der Waals surface area (Å²) in [5, 5.41) is 4.84. The largest absolute Gasteiger partial charge is 0.454 e. The maximum absolute atomic E-state index is 12.4. The Morgan fingerprint density at radius 3 is 2.68 bits per heavy atom. The zero-order valence-corrected chi connectivity index (χ0v) is 16.2. The first kappa shape index (κ1) is 18.8. The summed E-state index contributed by atoms with van der Waals surface area (Å²) in [7, 11) is 0. The molecule has 146 valence electrons. The lowest BCUT2D eigenvalue weighted by atomic mass is 9.96. The van der Waals surface area contributed by atoms with Crippen molar-refractivity contribution in [1.82, 2.24) is 10.3 Å². The Morgan fingerprint density at radius 2 is 1.89 bits per heavy atom. The second-order valence-corrected chi connectivity index (χ2v) is 7.46. The fourth-order valence-electron chi connectivity index (χ4n) is 3.46. The Morgan fingerprint density at radius 1 is 1.14 bits per heavy atom. The summed E-state index contributed by atoms with van der Waals surface area (Å²) in [5.41, 5.74) is 4.75. The number of nitrogens with zero attached hydrogens (tertiary/aromatic N) is 2. The number of hydrogen-bond donors (Lipinski definition) is 1. The maximum atomic E-state index is 12.4. The average molecular weight is 400 g/mol. The molecule has 1 fully saturated rings. The maximum Gasteiger partial charge on any atom is 0.243 e. The van der Waals surface area contributed by atoms with E-state index in [0.29, 0.717) is 5.75 Å². The molecule has 7 heteroatoms. The third-order valence-corrected chi connectivity index (χ3v) is 5.31. The van der Waals surface area contributed by atoms with Crippen molar-refractivity contribution >= 4 is 23.7 Å². The first-order valence-corrected chi connectivity index (χ1v) is 9.74. The fraction of sp³-hybridized carbons (Fsp3) is 0.333. The van der Waals surface area contributed by atoms with E-state index in [0.717, 1.165) is 48.8 Å². The highest BCUT2D eigenvalue weighted by atomic mass is 35.5. The number of ether oxygens (including phenoxy) is 2. The number of amides is 1. The molecule has 6 nitrogen and oxygen atoms in total. The predicted octanol–water partition coefficient (Wildman–Crippen LogP) is 3.43. The van der Waals surface area contributed by atoms with E-state index in [1.807, 2.05) is 42.5 Å². The van der Waals surface area contributed by atoms with Crippen LogP contribution in [0.15, 0.2) is 47.6 Å². The molecule has 2 heterocycles. The summed E-state index contributed by atoms with van der Waals surface area (Å²) in [4.78, 5) is 14.7. The Hall–Kier alpha value is -2.57. The smallest absolute Gasteiger partial charge is 0.243 e. The Bertz CT molecular complexity index is 862.